The Morgan fingerprint density at radius 3 is 2.67 bits per heavy atom. The van der Waals surface area contributed by atoms with Crippen molar-refractivity contribution in [3.8, 4) is 0 Å². The van der Waals surface area contributed by atoms with Crippen molar-refractivity contribution in [2.24, 2.45) is 0 Å². The summed E-state index contributed by atoms with van der Waals surface area (Å²) in [7, 11) is 0. The lowest BCUT2D eigenvalue weighted by molar-refractivity contribution is 0.119. The second kappa shape index (κ2) is 1.11. The number of hydrogen-bond acceptors (Lipinski definition) is 4. The lowest BCUT2D eigenvalue weighted by atomic mass is 11.3. The highest BCUT2D eigenvalue weighted by Gasteiger charge is 2.04. The summed E-state index contributed by atoms with van der Waals surface area (Å²) in [5, 5.41) is 0. The molecule has 5 heteroatoms. The highest BCUT2D eigenvalue weighted by atomic mass is 16.7. The molecule has 0 aliphatic carbocycles. The van der Waals surface area contributed by atoms with E-state index in [1.165, 1.54) is 0 Å². The molecular formula is CH3N3O2. The van der Waals surface area contributed by atoms with E-state index in [-0.39, 0.29) is 0 Å². The topological polar surface area (TPSA) is 62.4 Å². The molecule has 0 unspecified atom stereocenters. The summed E-state index contributed by atoms with van der Waals surface area (Å²) < 4.78 is 0. The quantitative estimate of drug-likeness (QED) is 0.343. The zero-order valence-corrected chi connectivity index (χ0v) is 2.82. The fourth-order valence-electron chi connectivity index (χ4n) is 0.174. The minimum absolute atomic E-state index is 0.519. The van der Waals surface area contributed by atoms with Crippen LogP contribution in [0.25, 0.3) is 0 Å². The van der Waals surface area contributed by atoms with Gasteiger partial charge in [-0.15, -0.1) is 5.53 Å². The lowest BCUT2D eigenvalue weighted by Gasteiger charge is -1.78. The van der Waals surface area contributed by atoms with Crippen molar-refractivity contribution >= 4 is 6.09 Å². The molecule has 5 nitrogen and oxygen atoms in total. The molecule has 0 spiro atoms. The van der Waals surface area contributed by atoms with Gasteiger partial charge in [0.25, 0.3) is 0 Å². The van der Waals surface area contributed by atoms with Crippen LogP contribution in [0.15, 0.2) is 0 Å². The Morgan fingerprint density at radius 2 is 2.50 bits per heavy atom. The van der Waals surface area contributed by atoms with Gasteiger partial charge in [0.05, 0.1) is 0 Å². The van der Waals surface area contributed by atoms with E-state index in [0.717, 1.165) is 0 Å². The van der Waals surface area contributed by atoms with E-state index in [4.69, 9.17) is 0 Å². The van der Waals surface area contributed by atoms with Crippen molar-refractivity contribution in [1.29, 1.82) is 0 Å². The number of carbonyl (C=O) groups is 1. The molecule has 0 aromatic rings. The monoisotopic (exact) mass is 89.0 g/mol. The Balaban J connectivity index is 2.37. The molecule has 1 heterocycles. The van der Waals surface area contributed by atoms with Crippen molar-refractivity contribution in [3.63, 3.8) is 0 Å². The SMILES string of the molecule is O=C1NNNO1. The predicted octanol–water partition coefficient (Wildman–Crippen LogP) is -1.35. The van der Waals surface area contributed by atoms with Crippen LogP contribution in [0.3, 0.4) is 0 Å². The summed E-state index contributed by atoms with van der Waals surface area (Å²) in [5.41, 5.74) is 6.36. The summed E-state index contributed by atoms with van der Waals surface area (Å²) in [6, 6.07) is 0. The van der Waals surface area contributed by atoms with Crippen molar-refractivity contribution < 1.29 is 9.63 Å². The van der Waals surface area contributed by atoms with E-state index >= 15 is 0 Å². The average molecular weight is 89.1 g/mol. The van der Waals surface area contributed by atoms with Crippen LogP contribution in [0.4, 0.5) is 4.79 Å². The summed E-state index contributed by atoms with van der Waals surface area (Å²) in [4.78, 5) is 13.8. The molecule has 0 saturated carbocycles. The molecule has 1 saturated heterocycles. The van der Waals surface area contributed by atoms with Crippen LogP contribution in [0, 0.1) is 0 Å². The van der Waals surface area contributed by atoms with Gasteiger partial charge in [-0.1, -0.05) is 5.59 Å². The predicted molar refractivity (Wildman–Crippen MR) is 15.9 cm³/mol. The van der Waals surface area contributed by atoms with Crippen LogP contribution >= 0.6 is 0 Å². The normalized spacial score (nSPS) is 19.7. The molecule has 1 aliphatic heterocycles. The second-order valence-electron chi connectivity index (χ2n) is 0.742. The summed E-state index contributed by atoms with van der Waals surface area (Å²) in [6.07, 6.45) is -0.519. The zero-order valence-electron chi connectivity index (χ0n) is 2.82. The van der Waals surface area contributed by atoms with Crippen molar-refractivity contribution in [1.82, 2.24) is 16.5 Å². The first-order valence-corrected chi connectivity index (χ1v) is 1.36. The van der Waals surface area contributed by atoms with Crippen molar-refractivity contribution in [3.05, 3.63) is 0 Å². The molecule has 1 aliphatic rings. The maximum absolute atomic E-state index is 9.78. The molecule has 1 fully saturated rings. The number of hydrogen-bond donors (Lipinski definition) is 3. The highest BCUT2D eigenvalue weighted by molar-refractivity contribution is 5.66. The van der Waals surface area contributed by atoms with E-state index in [1.807, 2.05) is 0 Å². The summed E-state index contributed by atoms with van der Waals surface area (Å²) >= 11 is 0. The largest absolute Gasteiger partial charge is 0.443 e. The van der Waals surface area contributed by atoms with Gasteiger partial charge >= 0.3 is 6.09 Å². The summed E-state index contributed by atoms with van der Waals surface area (Å²) in [5.74, 6) is 0. The Morgan fingerprint density at radius 1 is 1.67 bits per heavy atom. The van der Waals surface area contributed by atoms with Gasteiger partial charge < -0.3 is 4.84 Å². The molecule has 0 aromatic carbocycles. The van der Waals surface area contributed by atoms with Crippen molar-refractivity contribution in [2.45, 2.75) is 0 Å². The molecule has 6 heavy (non-hydrogen) atoms. The fourth-order valence-corrected chi connectivity index (χ4v) is 0.174. The van der Waals surface area contributed by atoms with Crippen LogP contribution < -0.4 is 16.5 Å². The first-order valence-electron chi connectivity index (χ1n) is 1.36. The van der Waals surface area contributed by atoms with Crippen LogP contribution in [0.1, 0.15) is 0 Å². The molecule has 0 atom stereocenters. The van der Waals surface area contributed by atoms with Crippen LogP contribution in [-0.4, -0.2) is 6.09 Å². The van der Waals surface area contributed by atoms with Gasteiger partial charge in [0.2, 0.25) is 0 Å². The molecule has 0 bridgehead atoms. The third-order valence-corrected chi connectivity index (χ3v) is 0.359. The molecule has 1 amide bonds. The van der Waals surface area contributed by atoms with E-state index in [9.17, 15) is 4.79 Å². The molecule has 0 aromatic heterocycles. The van der Waals surface area contributed by atoms with E-state index in [1.54, 1.807) is 0 Å². The highest BCUT2D eigenvalue weighted by Crippen LogP contribution is 1.69. The second-order valence-corrected chi connectivity index (χ2v) is 0.742. The lowest BCUT2D eigenvalue weighted by Crippen LogP contribution is -2.30. The number of rotatable bonds is 0. The minimum Gasteiger partial charge on any atom is -0.336 e. The number of carbonyl (C=O) groups excluding carboxylic acids is 1. The third kappa shape index (κ3) is 0.399. The molecule has 0 radical (unpaired) electrons. The molecule has 1 rings (SSSR count). The maximum Gasteiger partial charge on any atom is 0.443 e. The Bertz CT molecular complexity index is 63.2. The van der Waals surface area contributed by atoms with E-state index in [0.29, 0.717) is 0 Å². The standard InChI is InChI=1S/CH3N3O2/c5-1-2-3-4-6-1/h3-4H,(H,2,5). The van der Waals surface area contributed by atoms with Gasteiger partial charge in [-0.2, -0.15) is 0 Å². The van der Waals surface area contributed by atoms with Gasteiger partial charge in [-0.25, -0.2) is 10.2 Å². The van der Waals surface area contributed by atoms with Crippen LogP contribution in [0.2, 0.25) is 0 Å². The Labute approximate surface area is 33.6 Å². The first-order chi connectivity index (χ1) is 2.89. The Kier molecular flexibility index (Phi) is 0.627. The zero-order chi connectivity index (χ0) is 4.41. The van der Waals surface area contributed by atoms with E-state index < -0.39 is 6.09 Å². The smallest absolute Gasteiger partial charge is 0.336 e. The van der Waals surface area contributed by atoms with Gasteiger partial charge in [0, 0.05) is 0 Å². The fraction of sp³-hybridized carbons (Fsp3) is 0. The molecule has 3 N–H and O–H groups in total. The van der Waals surface area contributed by atoms with Gasteiger partial charge in [-0.3, -0.25) is 0 Å². The maximum atomic E-state index is 9.78. The van der Waals surface area contributed by atoms with Crippen LogP contribution in [0.5, 0.6) is 0 Å². The first kappa shape index (κ1) is 3.38. The van der Waals surface area contributed by atoms with Crippen LogP contribution in [-0.2, 0) is 4.84 Å². The number of nitrogens with one attached hydrogen (secondary N) is 3. The summed E-state index contributed by atoms with van der Waals surface area (Å²) in [6.45, 7) is 0. The van der Waals surface area contributed by atoms with Crippen molar-refractivity contribution in [2.75, 3.05) is 0 Å². The van der Waals surface area contributed by atoms with Gasteiger partial charge in [0.1, 0.15) is 0 Å². The average Bonchev–Trinajstić information content (AvgIpc) is 1.86. The molecule has 34 valence electrons. The van der Waals surface area contributed by atoms with E-state index in [2.05, 4.69) is 21.4 Å². The third-order valence-electron chi connectivity index (χ3n) is 0.359. The number of amides is 1. The van der Waals surface area contributed by atoms with Gasteiger partial charge in [0.15, 0.2) is 0 Å². The Hall–Kier alpha value is -0.810. The molecular weight excluding hydrogens is 86.0 g/mol. The van der Waals surface area contributed by atoms with Gasteiger partial charge in [-0.05, 0) is 0 Å². The minimum atomic E-state index is -0.519. The number of hydrazine groups is 2.